The molecule has 1 N–H and O–H groups in total. The highest BCUT2D eigenvalue weighted by molar-refractivity contribution is 9.10. The van der Waals surface area contributed by atoms with Crippen molar-refractivity contribution < 1.29 is 28.6 Å². The maximum Gasteiger partial charge on any atom is 0.338 e. The van der Waals surface area contributed by atoms with E-state index in [-0.39, 0.29) is 23.3 Å². The standard InChI is InChI=1S/C30H25BrN2O7S/c1-5-39-29(37)25-16(3)32-30-33(26(25)17-7-10-23(38-4)21(31)13-17)27(34)24(41-30)14-19-8-11-22(40-19)20-9-6-18(28(35)36)12-15(20)2/h6-14,26H,5H2,1-4H3,(H,35,36)/b24-14-/t26-/m0/s1. The highest BCUT2D eigenvalue weighted by Gasteiger charge is 2.33. The Bertz CT molecular complexity index is 1920. The molecule has 41 heavy (non-hydrogen) atoms. The Balaban J connectivity index is 1.62. The van der Waals surface area contributed by atoms with E-state index < -0.39 is 18.0 Å². The number of carbonyl (C=O) groups excluding carboxylic acids is 1. The van der Waals surface area contributed by atoms with Crippen LogP contribution in [-0.2, 0) is 9.53 Å². The summed E-state index contributed by atoms with van der Waals surface area (Å²) < 4.78 is 19.3. The van der Waals surface area contributed by atoms with Crippen LogP contribution in [0.4, 0.5) is 0 Å². The van der Waals surface area contributed by atoms with Crippen molar-refractivity contribution in [1.29, 1.82) is 0 Å². The Hall–Kier alpha value is -4.22. The van der Waals surface area contributed by atoms with Gasteiger partial charge >= 0.3 is 11.9 Å². The molecule has 0 saturated carbocycles. The molecule has 2 aromatic carbocycles. The number of halogens is 1. The lowest BCUT2D eigenvalue weighted by Gasteiger charge is -2.25. The molecule has 3 heterocycles. The summed E-state index contributed by atoms with van der Waals surface area (Å²) >= 11 is 4.70. The number of carbonyl (C=O) groups is 2. The molecule has 1 aliphatic heterocycles. The summed E-state index contributed by atoms with van der Waals surface area (Å²) in [6, 6.07) is 12.9. The van der Waals surface area contributed by atoms with E-state index in [4.69, 9.17) is 13.9 Å². The Morgan fingerprint density at radius 3 is 2.61 bits per heavy atom. The average Bonchev–Trinajstić information content (AvgIpc) is 3.51. The number of furan rings is 1. The third-order valence-corrected chi connectivity index (χ3v) is 8.25. The minimum atomic E-state index is -1.00. The minimum Gasteiger partial charge on any atom is -0.496 e. The zero-order valence-electron chi connectivity index (χ0n) is 22.6. The summed E-state index contributed by atoms with van der Waals surface area (Å²) in [6.07, 6.45) is 1.64. The van der Waals surface area contributed by atoms with Gasteiger partial charge in [0.15, 0.2) is 4.80 Å². The zero-order valence-corrected chi connectivity index (χ0v) is 25.0. The van der Waals surface area contributed by atoms with Crippen molar-refractivity contribution in [2.75, 3.05) is 13.7 Å². The van der Waals surface area contributed by atoms with Gasteiger partial charge in [0, 0.05) is 11.6 Å². The fourth-order valence-corrected chi connectivity index (χ4v) is 6.32. The number of fused-ring (bicyclic) bond motifs is 1. The first-order valence-corrected chi connectivity index (χ1v) is 14.2. The number of aryl methyl sites for hydroxylation is 1. The Kier molecular flexibility index (Phi) is 7.83. The van der Waals surface area contributed by atoms with Gasteiger partial charge in [-0.15, -0.1) is 0 Å². The van der Waals surface area contributed by atoms with Crippen molar-refractivity contribution in [1.82, 2.24) is 4.57 Å². The third kappa shape index (κ3) is 5.30. The molecule has 210 valence electrons. The zero-order chi connectivity index (χ0) is 29.4. The van der Waals surface area contributed by atoms with Crippen molar-refractivity contribution in [2.24, 2.45) is 4.99 Å². The number of allylic oxidation sites excluding steroid dienone is 1. The molecule has 9 nitrogen and oxygen atoms in total. The van der Waals surface area contributed by atoms with Crippen molar-refractivity contribution in [3.63, 3.8) is 0 Å². The number of thiazole rings is 1. The number of hydrogen-bond donors (Lipinski definition) is 1. The van der Waals surface area contributed by atoms with Crippen molar-refractivity contribution in [2.45, 2.75) is 26.8 Å². The molecule has 5 rings (SSSR count). The van der Waals surface area contributed by atoms with Gasteiger partial charge in [0.2, 0.25) is 0 Å². The summed E-state index contributed by atoms with van der Waals surface area (Å²) in [5.41, 5.74) is 2.78. The first-order valence-electron chi connectivity index (χ1n) is 12.6. The van der Waals surface area contributed by atoms with E-state index in [1.54, 1.807) is 63.4 Å². The van der Waals surface area contributed by atoms with E-state index in [2.05, 4.69) is 20.9 Å². The highest BCUT2D eigenvalue weighted by atomic mass is 79.9. The second-order valence-electron chi connectivity index (χ2n) is 9.23. The van der Waals surface area contributed by atoms with Gasteiger partial charge in [-0.3, -0.25) is 9.36 Å². The maximum atomic E-state index is 13.8. The van der Waals surface area contributed by atoms with Crippen LogP contribution in [0.2, 0.25) is 0 Å². The number of carboxylic acids is 1. The van der Waals surface area contributed by atoms with Gasteiger partial charge in [0.25, 0.3) is 5.56 Å². The molecule has 0 spiro atoms. The summed E-state index contributed by atoms with van der Waals surface area (Å²) in [5.74, 6) is 0.0506. The normalized spacial score (nSPS) is 15.0. The SMILES string of the molecule is CCOC(=O)C1=C(C)N=c2s/c(=C\c3ccc(-c4ccc(C(=O)O)cc4C)o3)c(=O)n2[C@H]1c1ccc(OC)c(Br)c1. The number of aromatic nitrogens is 1. The number of esters is 1. The molecule has 0 fully saturated rings. The summed E-state index contributed by atoms with van der Waals surface area (Å²) in [7, 11) is 1.56. The van der Waals surface area contributed by atoms with Crippen LogP contribution in [-0.4, -0.2) is 35.3 Å². The third-order valence-electron chi connectivity index (χ3n) is 6.65. The smallest absolute Gasteiger partial charge is 0.338 e. The van der Waals surface area contributed by atoms with Crippen molar-refractivity contribution >= 4 is 45.3 Å². The van der Waals surface area contributed by atoms with Gasteiger partial charge < -0.3 is 19.0 Å². The fourth-order valence-electron chi connectivity index (χ4n) is 4.74. The van der Waals surface area contributed by atoms with Crippen LogP contribution in [0.25, 0.3) is 17.4 Å². The van der Waals surface area contributed by atoms with E-state index in [9.17, 15) is 19.5 Å². The topological polar surface area (TPSA) is 120 Å². The number of aromatic carboxylic acids is 1. The lowest BCUT2D eigenvalue weighted by atomic mass is 9.96. The number of methoxy groups -OCH3 is 1. The predicted octanol–water partition coefficient (Wildman–Crippen LogP) is 4.84. The largest absolute Gasteiger partial charge is 0.496 e. The number of hydrogen-bond acceptors (Lipinski definition) is 8. The molecule has 0 radical (unpaired) electrons. The molecule has 0 saturated heterocycles. The average molecular weight is 638 g/mol. The van der Waals surface area contributed by atoms with E-state index in [1.807, 2.05) is 13.0 Å². The number of benzene rings is 2. The molecular weight excluding hydrogens is 612 g/mol. The quantitative estimate of drug-likeness (QED) is 0.288. The Labute approximate surface area is 246 Å². The monoisotopic (exact) mass is 636 g/mol. The molecular formula is C30H25BrN2O7S. The second kappa shape index (κ2) is 11.3. The van der Waals surface area contributed by atoms with Crippen LogP contribution in [0.5, 0.6) is 5.75 Å². The van der Waals surface area contributed by atoms with Crippen molar-refractivity contribution in [3.8, 4) is 17.1 Å². The lowest BCUT2D eigenvalue weighted by molar-refractivity contribution is -0.139. The number of rotatable bonds is 7. The summed E-state index contributed by atoms with van der Waals surface area (Å²) in [6.45, 7) is 5.44. The molecule has 1 atom stereocenters. The molecule has 0 bridgehead atoms. The van der Waals surface area contributed by atoms with Gasteiger partial charge in [0.05, 0.1) is 45.6 Å². The van der Waals surface area contributed by atoms with E-state index in [1.165, 1.54) is 22.0 Å². The second-order valence-corrected chi connectivity index (χ2v) is 11.1. The Morgan fingerprint density at radius 1 is 1.17 bits per heavy atom. The number of nitrogens with zero attached hydrogens (tertiary/aromatic N) is 2. The van der Waals surface area contributed by atoms with Crippen LogP contribution in [0.3, 0.4) is 0 Å². The first-order chi connectivity index (χ1) is 19.6. The van der Waals surface area contributed by atoms with Crippen LogP contribution in [0.15, 0.2) is 78.5 Å². The van der Waals surface area contributed by atoms with E-state index >= 15 is 0 Å². The van der Waals surface area contributed by atoms with Gasteiger partial charge in [-0.2, -0.15) is 0 Å². The van der Waals surface area contributed by atoms with Crippen LogP contribution in [0, 0.1) is 6.92 Å². The maximum absolute atomic E-state index is 13.8. The molecule has 4 aromatic rings. The van der Waals surface area contributed by atoms with Gasteiger partial charge in [-0.25, -0.2) is 14.6 Å². The Morgan fingerprint density at radius 2 is 1.95 bits per heavy atom. The number of ether oxygens (including phenoxy) is 2. The van der Waals surface area contributed by atoms with Crippen molar-refractivity contribution in [3.05, 3.63) is 106 Å². The molecule has 0 aliphatic carbocycles. The molecule has 0 amide bonds. The van der Waals surface area contributed by atoms with Crippen LogP contribution in [0.1, 0.15) is 47.1 Å². The van der Waals surface area contributed by atoms with Gasteiger partial charge in [0.1, 0.15) is 17.3 Å². The lowest BCUT2D eigenvalue weighted by Crippen LogP contribution is -2.39. The fraction of sp³-hybridized carbons (Fsp3) is 0.200. The summed E-state index contributed by atoms with van der Waals surface area (Å²) in [4.78, 5) is 43.3. The highest BCUT2D eigenvalue weighted by Crippen LogP contribution is 2.35. The van der Waals surface area contributed by atoms with Gasteiger partial charge in [-0.05, 0) is 84.2 Å². The molecule has 0 unspecified atom stereocenters. The van der Waals surface area contributed by atoms with E-state index in [0.717, 1.165) is 11.1 Å². The predicted molar refractivity (Wildman–Crippen MR) is 157 cm³/mol. The molecule has 11 heteroatoms. The first kappa shape index (κ1) is 28.3. The van der Waals surface area contributed by atoms with Crippen LogP contribution >= 0.6 is 27.3 Å². The minimum absolute atomic E-state index is 0.179. The molecule has 2 aromatic heterocycles. The van der Waals surface area contributed by atoms with E-state index in [0.29, 0.717) is 42.3 Å². The van der Waals surface area contributed by atoms with Crippen LogP contribution < -0.4 is 19.6 Å². The summed E-state index contributed by atoms with van der Waals surface area (Å²) in [5, 5.41) is 9.25. The molecule has 1 aliphatic rings. The number of carboxylic acid groups (broad SMARTS) is 1. The van der Waals surface area contributed by atoms with Gasteiger partial charge in [-0.1, -0.05) is 23.5 Å².